The molecule has 2 aromatic rings. The third-order valence-corrected chi connectivity index (χ3v) is 4.32. The maximum atomic E-state index is 8.74. The highest BCUT2D eigenvalue weighted by atomic mass is 79.9. The molecular weight excluding hydrogens is 539 g/mol. The van der Waals surface area contributed by atoms with Crippen molar-refractivity contribution in [2.75, 3.05) is 0 Å². The second-order valence-corrected chi connectivity index (χ2v) is 7.78. The van der Waals surface area contributed by atoms with Gasteiger partial charge >= 0.3 is 0 Å². The summed E-state index contributed by atoms with van der Waals surface area (Å²) >= 11 is 19.0. The van der Waals surface area contributed by atoms with E-state index in [0.717, 1.165) is 29.0 Å². The average molecular weight is 550 g/mol. The summed E-state index contributed by atoms with van der Waals surface area (Å²) < 4.78 is 4.06. The van der Waals surface area contributed by atoms with Crippen LogP contribution in [0.1, 0.15) is 11.1 Å². The quantitative estimate of drug-likeness (QED) is 0.415. The van der Waals surface area contributed by atoms with Crippen LogP contribution in [0.2, 0.25) is 0 Å². The molecule has 0 atom stereocenters. The maximum Gasteiger partial charge on any atom is 0.0682 e. The first-order valence-electron chi connectivity index (χ1n) is 5.51. The molecule has 0 amide bonds. The average Bonchev–Trinajstić information content (AvgIpc) is 2.37. The van der Waals surface area contributed by atoms with Crippen LogP contribution in [0.25, 0.3) is 0 Å². The molecule has 0 saturated heterocycles. The second kappa shape index (κ2) is 9.59. The number of hydrogen-bond acceptors (Lipinski definition) is 1. The fourth-order valence-electron chi connectivity index (χ4n) is 1.39. The molecule has 1 N–H and O–H groups in total. The molecule has 6 heteroatoms. The van der Waals surface area contributed by atoms with E-state index in [1.54, 1.807) is 0 Å². The van der Waals surface area contributed by atoms with Gasteiger partial charge in [-0.2, -0.15) is 0 Å². The lowest BCUT2D eigenvalue weighted by molar-refractivity contribution is 0.281. The van der Waals surface area contributed by atoms with E-state index in [1.165, 1.54) is 0 Å². The highest BCUT2D eigenvalue weighted by molar-refractivity contribution is 9.11. The van der Waals surface area contributed by atoms with Crippen molar-refractivity contribution >= 4 is 75.3 Å². The Morgan fingerprint density at radius 1 is 0.700 bits per heavy atom. The summed E-state index contributed by atoms with van der Waals surface area (Å²) in [4.78, 5) is 0. The van der Waals surface area contributed by atoms with Gasteiger partial charge in [0.25, 0.3) is 0 Å². The van der Waals surface area contributed by atoms with Crippen LogP contribution in [-0.4, -0.2) is 5.11 Å². The van der Waals surface area contributed by atoms with Crippen molar-refractivity contribution in [1.82, 2.24) is 0 Å². The molecule has 108 valence electrons. The van der Waals surface area contributed by atoms with Gasteiger partial charge in [-0.1, -0.05) is 63.7 Å². The third-order valence-electron chi connectivity index (χ3n) is 2.18. The Kier molecular flexibility index (Phi) is 8.95. The van der Waals surface area contributed by atoms with Crippen LogP contribution in [0.15, 0.2) is 54.3 Å². The van der Waals surface area contributed by atoms with Crippen molar-refractivity contribution in [3.8, 4) is 0 Å². The predicted molar refractivity (Wildman–Crippen MR) is 99.2 cm³/mol. The molecule has 0 spiro atoms. The Labute approximate surface area is 157 Å². The van der Waals surface area contributed by atoms with Gasteiger partial charge in [0.1, 0.15) is 0 Å². The Morgan fingerprint density at radius 2 is 1.05 bits per heavy atom. The molecule has 0 unspecified atom stereocenters. The minimum atomic E-state index is 0.0814. The predicted octanol–water partition coefficient (Wildman–Crippen LogP) is 6.65. The van der Waals surface area contributed by atoms with Crippen molar-refractivity contribution in [3.05, 3.63) is 65.4 Å². The smallest absolute Gasteiger partial charge is 0.0682 e. The van der Waals surface area contributed by atoms with Gasteiger partial charge in [-0.25, -0.2) is 0 Å². The van der Waals surface area contributed by atoms with Gasteiger partial charge in [0, 0.05) is 23.8 Å². The maximum absolute atomic E-state index is 8.74. The summed E-state index contributed by atoms with van der Waals surface area (Å²) in [6.07, 6.45) is 0. The topological polar surface area (TPSA) is 20.2 Å². The van der Waals surface area contributed by atoms with Gasteiger partial charge < -0.3 is 5.11 Å². The fraction of sp³-hybridized carbons (Fsp3) is 0.143. The molecule has 0 saturated carbocycles. The number of rotatable bonds is 2. The van der Waals surface area contributed by atoms with E-state index in [0.29, 0.717) is 5.88 Å². The molecule has 0 aliphatic rings. The zero-order valence-electron chi connectivity index (χ0n) is 10.2. The molecule has 0 aromatic heterocycles. The van der Waals surface area contributed by atoms with Gasteiger partial charge in [0.05, 0.1) is 6.61 Å². The zero-order chi connectivity index (χ0) is 15.1. The van der Waals surface area contributed by atoms with Crippen LogP contribution >= 0.6 is 75.3 Å². The molecule has 0 heterocycles. The number of halogens is 5. The molecule has 0 radical (unpaired) electrons. The van der Waals surface area contributed by atoms with Crippen molar-refractivity contribution in [1.29, 1.82) is 0 Å². The van der Waals surface area contributed by atoms with Crippen LogP contribution in [0.4, 0.5) is 0 Å². The van der Waals surface area contributed by atoms with Crippen LogP contribution in [0, 0.1) is 0 Å². The van der Waals surface area contributed by atoms with E-state index in [2.05, 4.69) is 63.7 Å². The zero-order valence-corrected chi connectivity index (χ0v) is 17.3. The second-order valence-electron chi connectivity index (χ2n) is 3.85. The van der Waals surface area contributed by atoms with Gasteiger partial charge in [0.2, 0.25) is 0 Å². The summed E-state index contributed by atoms with van der Waals surface area (Å²) in [5.41, 5.74) is 2.02. The molecule has 0 aliphatic heterocycles. The fourth-order valence-corrected chi connectivity index (χ4v) is 4.32. The molecule has 0 bridgehead atoms. The summed E-state index contributed by atoms with van der Waals surface area (Å²) in [6, 6.07) is 11.7. The summed E-state index contributed by atoms with van der Waals surface area (Å²) in [5.74, 6) is 0.554. The normalized spacial score (nSPS) is 9.90. The van der Waals surface area contributed by atoms with Crippen molar-refractivity contribution in [3.63, 3.8) is 0 Å². The van der Waals surface area contributed by atoms with Crippen LogP contribution in [0.3, 0.4) is 0 Å². The van der Waals surface area contributed by atoms with Gasteiger partial charge in [0.15, 0.2) is 0 Å². The lowest BCUT2D eigenvalue weighted by Gasteiger charge is -1.97. The molecule has 20 heavy (non-hydrogen) atoms. The lowest BCUT2D eigenvalue weighted by atomic mass is 10.2. The van der Waals surface area contributed by atoms with Crippen LogP contribution in [-0.2, 0) is 12.5 Å². The Bertz CT molecular complexity index is 483. The van der Waals surface area contributed by atoms with E-state index < -0.39 is 0 Å². The van der Waals surface area contributed by atoms with Gasteiger partial charge in [-0.05, 0) is 47.5 Å². The number of hydrogen-bond donors (Lipinski definition) is 1. The summed E-state index contributed by atoms with van der Waals surface area (Å²) in [7, 11) is 0. The SMILES string of the molecule is ClCc1cc(Br)cc(Br)c1.OCc1cc(Br)cc(Br)c1. The molecule has 1 nitrogen and oxygen atoms in total. The first-order valence-corrected chi connectivity index (χ1v) is 9.22. The highest BCUT2D eigenvalue weighted by Crippen LogP contribution is 2.21. The molecule has 2 aromatic carbocycles. The monoisotopic (exact) mass is 546 g/mol. The van der Waals surface area contributed by atoms with E-state index >= 15 is 0 Å². The van der Waals surface area contributed by atoms with Gasteiger partial charge in [-0.3, -0.25) is 0 Å². The summed E-state index contributed by atoms with van der Waals surface area (Å²) in [5, 5.41) is 8.74. The van der Waals surface area contributed by atoms with E-state index in [9.17, 15) is 0 Å². The van der Waals surface area contributed by atoms with Crippen molar-refractivity contribution in [2.45, 2.75) is 12.5 Å². The van der Waals surface area contributed by atoms with Crippen LogP contribution in [0.5, 0.6) is 0 Å². The number of aliphatic hydroxyl groups excluding tert-OH is 1. The largest absolute Gasteiger partial charge is 0.392 e. The van der Waals surface area contributed by atoms with Crippen LogP contribution < -0.4 is 0 Å². The number of aliphatic hydroxyl groups is 1. The first kappa shape index (κ1) is 18.7. The number of alkyl halides is 1. The third kappa shape index (κ3) is 7.05. The molecular formula is C14H11Br4ClO. The molecule has 0 fully saturated rings. The van der Waals surface area contributed by atoms with Crippen molar-refractivity contribution in [2.24, 2.45) is 0 Å². The van der Waals surface area contributed by atoms with E-state index in [1.807, 2.05) is 36.4 Å². The van der Waals surface area contributed by atoms with Gasteiger partial charge in [-0.15, -0.1) is 11.6 Å². The Hall–Kier alpha value is 0.610. The van der Waals surface area contributed by atoms with Crippen molar-refractivity contribution < 1.29 is 5.11 Å². The van der Waals surface area contributed by atoms with E-state index in [4.69, 9.17) is 16.7 Å². The summed E-state index contributed by atoms with van der Waals surface area (Å²) in [6.45, 7) is 0.0814. The number of benzene rings is 2. The lowest BCUT2D eigenvalue weighted by Crippen LogP contribution is -1.81. The molecule has 2 rings (SSSR count). The minimum Gasteiger partial charge on any atom is -0.392 e. The Balaban J connectivity index is 0.000000200. The standard InChI is InChI=1S/C7H5Br2Cl.C7H6Br2O/c2*8-6-1-5(4-10)2-7(9)3-6/h1-3H,4H2;1-3,10H,4H2. The minimum absolute atomic E-state index is 0.0814. The van der Waals surface area contributed by atoms with E-state index in [-0.39, 0.29) is 6.61 Å². The molecule has 0 aliphatic carbocycles. The Morgan fingerprint density at radius 3 is 1.35 bits per heavy atom. The first-order chi connectivity index (χ1) is 9.44. The highest BCUT2D eigenvalue weighted by Gasteiger charge is 1.95.